The molecule has 0 unspecified atom stereocenters. The summed E-state index contributed by atoms with van der Waals surface area (Å²) in [6.07, 6.45) is 4.34. The Hall–Kier alpha value is -2.13. The highest BCUT2D eigenvalue weighted by Crippen LogP contribution is 2.33. The van der Waals surface area contributed by atoms with Crippen molar-refractivity contribution in [3.63, 3.8) is 0 Å². The number of para-hydroxylation sites is 1. The Bertz CT molecular complexity index is 1060. The summed E-state index contributed by atoms with van der Waals surface area (Å²) < 4.78 is 34.9. The van der Waals surface area contributed by atoms with Gasteiger partial charge in [-0.2, -0.15) is 0 Å². The number of rotatable bonds is 11. The van der Waals surface area contributed by atoms with Crippen LogP contribution in [0.25, 0.3) is 0 Å². The normalized spacial score (nSPS) is 13.1. The largest absolute Gasteiger partial charge is 0.496 e. The summed E-state index contributed by atoms with van der Waals surface area (Å²) in [4.78, 5) is 14.9. The molecule has 0 fully saturated rings. The Labute approximate surface area is 202 Å². The zero-order valence-electron chi connectivity index (χ0n) is 19.2. The summed E-state index contributed by atoms with van der Waals surface area (Å²) in [5.74, 6) is 1.13. The molecule has 0 saturated carbocycles. The number of unbranched alkanes of at least 4 members (excludes halogenated alkanes) is 1. The van der Waals surface area contributed by atoms with Crippen molar-refractivity contribution in [1.29, 1.82) is 0 Å². The minimum absolute atomic E-state index is 0. The quantitative estimate of drug-likeness (QED) is 0.377. The van der Waals surface area contributed by atoms with Gasteiger partial charge in [0.2, 0.25) is 10.0 Å². The SMILES string of the molecule is COc1ccccc1CCN(C)CCCCC(=O)c1cc2c(c(S(N)(=O)=O)c1)OCCC2.Cl. The van der Waals surface area contributed by atoms with Gasteiger partial charge in [-0.1, -0.05) is 18.2 Å². The molecule has 2 aromatic carbocycles. The van der Waals surface area contributed by atoms with E-state index >= 15 is 0 Å². The van der Waals surface area contributed by atoms with Gasteiger partial charge in [-0.3, -0.25) is 4.79 Å². The minimum Gasteiger partial charge on any atom is -0.496 e. The average Bonchev–Trinajstić information content (AvgIpc) is 2.79. The van der Waals surface area contributed by atoms with E-state index in [0.29, 0.717) is 30.8 Å². The van der Waals surface area contributed by atoms with Crippen molar-refractivity contribution in [2.45, 2.75) is 43.4 Å². The van der Waals surface area contributed by atoms with Gasteiger partial charge in [0.25, 0.3) is 0 Å². The highest BCUT2D eigenvalue weighted by Gasteiger charge is 2.24. The van der Waals surface area contributed by atoms with E-state index in [-0.39, 0.29) is 23.1 Å². The average molecular weight is 497 g/mol. The first-order valence-corrected chi connectivity index (χ1v) is 12.5. The lowest BCUT2D eigenvalue weighted by Gasteiger charge is -2.20. The maximum absolute atomic E-state index is 12.7. The summed E-state index contributed by atoms with van der Waals surface area (Å²) in [6.45, 7) is 2.23. The van der Waals surface area contributed by atoms with Gasteiger partial charge in [0, 0.05) is 18.5 Å². The predicted molar refractivity (Wildman–Crippen MR) is 131 cm³/mol. The van der Waals surface area contributed by atoms with Gasteiger partial charge in [0.05, 0.1) is 13.7 Å². The van der Waals surface area contributed by atoms with Crippen LogP contribution in [0, 0.1) is 0 Å². The van der Waals surface area contributed by atoms with Crippen LogP contribution in [-0.4, -0.2) is 53.0 Å². The molecule has 0 saturated heterocycles. The number of benzene rings is 2. The fourth-order valence-electron chi connectivity index (χ4n) is 3.96. The van der Waals surface area contributed by atoms with Crippen molar-refractivity contribution >= 4 is 28.2 Å². The fourth-order valence-corrected chi connectivity index (χ4v) is 4.70. The number of methoxy groups -OCH3 is 1. The number of nitrogens with two attached hydrogens (primary N) is 1. The van der Waals surface area contributed by atoms with Crippen molar-refractivity contribution in [3.8, 4) is 11.5 Å². The third-order valence-electron chi connectivity index (χ3n) is 5.75. The number of likely N-dealkylation sites (N-methyl/N-ethyl adjacent to an activating group) is 1. The van der Waals surface area contributed by atoms with Gasteiger partial charge in [-0.25, -0.2) is 13.6 Å². The Balaban J connectivity index is 0.00000385. The van der Waals surface area contributed by atoms with Crippen LogP contribution in [0.3, 0.4) is 0 Å². The van der Waals surface area contributed by atoms with Crippen LogP contribution in [0.5, 0.6) is 11.5 Å². The molecule has 182 valence electrons. The molecule has 0 amide bonds. The second kappa shape index (κ2) is 12.4. The standard InChI is InChI=1S/C24H32N2O5S.ClH/c1-26(14-12-18-8-3-4-11-22(18)30-2)13-6-5-10-21(27)20-16-19-9-7-15-31-24(19)23(17-20)32(25,28)29;/h3-4,8,11,16-17H,5-7,9-10,12-15H2,1-2H3,(H2,25,28,29);1H. The fraction of sp³-hybridized carbons (Fsp3) is 0.458. The van der Waals surface area contributed by atoms with E-state index in [1.165, 1.54) is 11.6 Å². The number of halogens is 1. The Morgan fingerprint density at radius 3 is 2.67 bits per heavy atom. The maximum atomic E-state index is 12.7. The summed E-state index contributed by atoms with van der Waals surface area (Å²) in [5, 5.41) is 5.36. The molecule has 0 spiro atoms. The first-order chi connectivity index (χ1) is 15.3. The third-order valence-corrected chi connectivity index (χ3v) is 6.66. The number of carbonyl (C=O) groups excluding carboxylic acids is 1. The van der Waals surface area contributed by atoms with Gasteiger partial charge in [-0.05, 0) is 75.0 Å². The number of ether oxygens (including phenoxy) is 2. The lowest BCUT2D eigenvalue weighted by atomic mass is 9.99. The molecule has 0 bridgehead atoms. The van der Waals surface area contributed by atoms with Gasteiger partial charge in [0.1, 0.15) is 16.4 Å². The van der Waals surface area contributed by atoms with Crippen molar-refractivity contribution in [2.75, 3.05) is 33.9 Å². The number of primary sulfonamides is 1. The number of Topliss-reactive ketones (excluding diaryl/α,β-unsaturated/α-hetero) is 1. The monoisotopic (exact) mass is 496 g/mol. The van der Waals surface area contributed by atoms with Crippen LogP contribution in [0.2, 0.25) is 0 Å². The van der Waals surface area contributed by atoms with Gasteiger partial charge in [-0.15, -0.1) is 12.4 Å². The lowest BCUT2D eigenvalue weighted by Crippen LogP contribution is -2.22. The molecule has 7 nitrogen and oxygen atoms in total. The molecule has 0 aliphatic carbocycles. The van der Waals surface area contributed by atoms with Crippen molar-refractivity contribution < 1.29 is 22.7 Å². The summed E-state index contributed by atoms with van der Waals surface area (Å²) >= 11 is 0. The van der Waals surface area contributed by atoms with Crippen LogP contribution in [0.4, 0.5) is 0 Å². The van der Waals surface area contributed by atoms with E-state index in [4.69, 9.17) is 14.6 Å². The summed E-state index contributed by atoms with van der Waals surface area (Å²) in [6, 6.07) is 11.1. The number of fused-ring (bicyclic) bond motifs is 1. The number of aryl methyl sites for hydroxylation is 1. The van der Waals surface area contributed by atoms with E-state index in [9.17, 15) is 13.2 Å². The topological polar surface area (TPSA) is 98.9 Å². The number of sulfonamides is 1. The molecule has 33 heavy (non-hydrogen) atoms. The highest BCUT2D eigenvalue weighted by atomic mass is 35.5. The number of nitrogens with zero attached hydrogens (tertiary/aromatic N) is 1. The molecule has 1 aliphatic heterocycles. The van der Waals surface area contributed by atoms with Crippen LogP contribution >= 0.6 is 12.4 Å². The van der Waals surface area contributed by atoms with Crippen LogP contribution in [0.1, 0.15) is 47.2 Å². The van der Waals surface area contributed by atoms with E-state index in [1.54, 1.807) is 13.2 Å². The first-order valence-electron chi connectivity index (χ1n) is 11.0. The van der Waals surface area contributed by atoms with Gasteiger partial charge >= 0.3 is 0 Å². The van der Waals surface area contributed by atoms with E-state index in [1.807, 2.05) is 18.2 Å². The molecule has 2 N–H and O–H groups in total. The highest BCUT2D eigenvalue weighted by molar-refractivity contribution is 7.89. The Morgan fingerprint density at radius 2 is 1.94 bits per heavy atom. The van der Waals surface area contributed by atoms with E-state index in [2.05, 4.69) is 18.0 Å². The molecule has 1 aliphatic rings. The second-order valence-corrected chi connectivity index (χ2v) is 9.73. The smallest absolute Gasteiger partial charge is 0.241 e. The van der Waals surface area contributed by atoms with E-state index in [0.717, 1.165) is 50.1 Å². The minimum atomic E-state index is -3.96. The lowest BCUT2D eigenvalue weighted by molar-refractivity contribution is 0.0977. The van der Waals surface area contributed by atoms with Gasteiger partial charge in [0.15, 0.2) is 5.78 Å². The summed E-state index contributed by atoms with van der Waals surface area (Å²) in [7, 11) is -0.214. The van der Waals surface area contributed by atoms with Crippen molar-refractivity contribution in [3.05, 3.63) is 53.1 Å². The molecule has 3 rings (SSSR count). The first kappa shape index (κ1) is 27.1. The van der Waals surface area contributed by atoms with Crippen LogP contribution < -0.4 is 14.6 Å². The second-order valence-electron chi connectivity index (χ2n) is 8.21. The number of carbonyl (C=O) groups is 1. The van der Waals surface area contributed by atoms with Gasteiger partial charge < -0.3 is 14.4 Å². The summed E-state index contributed by atoms with van der Waals surface area (Å²) in [5.41, 5.74) is 2.31. The number of ketones is 1. The molecule has 2 aromatic rings. The Kier molecular flexibility index (Phi) is 10.2. The molecule has 9 heteroatoms. The van der Waals surface area contributed by atoms with Crippen molar-refractivity contribution in [2.24, 2.45) is 5.14 Å². The number of hydrogen-bond acceptors (Lipinski definition) is 6. The van der Waals surface area contributed by atoms with Crippen LogP contribution in [-0.2, 0) is 22.9 Å². The number of hydrogen-bond donors (Lipinski definition) is 1. The zero-order valence-corrected chi connectivity index (χ0v) is 20.8. The molecule has 0 radical (unpaired) electrons. The molecule has 0 atom stereocenters. The van der Waals surface area contributed by atoms with Crippen molar-refractivity contribution in [1.82, 2.24) is 4.90 Å². The predicted octanol–water partition coefficient (Wildman–Crippen LogP) is 3.62. The zero-order chi connectivity index (χ0) is 23.1. The Morgan fingerprint density at radius 1 is 1.18 bits per heavy atom. The van der Waals surface area contributed by atoms with Crippen LogP contribution in [0.15, 0.2) is 41.3 Å². The third kappa shape index (κ3) is 7.43. The molecule has 1 heterocycles. The molecular formula is C24H33ClN2O5S. The molecule has 0 aromatic heterocycles. The molecular weight excluding hydrogens is 464 g/mol. The van der Waals surface area contributed by atoms with E-state index < -0.39 is 10.0 Å². The maximum Gasteiger partial charge on any atom is 0.241 e.